The minimum atomic E-state index is 0.126. The molecule has 4 heteroatoms. The van der Waals surface area contributed by atoms with Crippen LogP contribution in [0.25, 0.3) is 10.8 Å². The molecule has 0 aliphatic carbocycles. The van der Waals surface area contributed by atoms with E-state index in [-0.39, 0.29) is 6.35 Å². The van der Waals surface area contributed by atoms with Crippen LogP contribution in [0, 0.1) is 0 Å². The Labute approximate surface area is 138 Å². The Bertz CT molecular complexity index is 632. The molecule has 23 heavy (non-hydrogen) atoms. The smallest absolute Gasteiger partial charge is 0.168 e. The van der Waals surface area contributed by atoms with Crippen molar-refractivity contribution in [3.05, 3.63) is 42.5 Å². The third-order valence-electron chi connectivity index (χ3n) is 4.38. The molecule has 0 bridgehead atoms. The van der Waals surface area contributed by atoms with E-state index < -0.39 is 0 Å². The van der Waals surface area contributed by atoms with Gasteiger partial charge in [0.05, 0.1) is 13.2 Å². The van der Waals surface area contributed by atoms with Crippen molar-refractivity contribution in [2.24, 2.45) is 0 Å². The Balaban J connectivity index is 1.42. The van der Waals surface area contributed by atoms with Gasteiger partial charge in [-0.1, -0.05) is 37.3 Å². The summed E-state index contributed by atoms with van der Waals surface area (Å²) in [6, 6.07) is 14.6. The predicted molar refractivity (Wildman–Crippen MR) is 93.7 cm³/mol. The number of likely N-dealkylation sites (N-methyl/N-ethyl adjacent to an activating group) is 2. The second-order valence-electron chi connectivity index (χ2n) is 6.02. The van der Waals surface area contributed by atoms with Gasteiger partial charge in [0.1, 0.15) is 5.75 Å². The van der Waals surface area contributed by atoms with Crippen molar-refractivity contribution in [1.82, 2.24) is 9.80 Å². The van der Waals surface area contributed by atoms with Gasteiger partial charge in [0.25, 0.3) is 0 Å². The number of benzene rings is 2. The van der Waals surface area contributed by atoms with Crippen LogP contribution >= 0.6 is 0 Å². The summed E-state index contributed by atoms with van der Waals surface area (Å²) in [6.07, 6.45) is 1.02. The normalized spacial score (nSPS) is 19.5. The molecule has 4 nitrogen and oxygen atoms in total. The van der Waals surface area contributed by atoms with E-state index in [4.69, 9.17) is 9.47 Å². The topological polar surface area (TPSA) is 24.9 Å². The van der Waals surface area contributed by atoms with Crippen molar-refractivity contribution in [2.75, 3.05) is 39.9 Å². The molecule has 1 aliphatic heterocycles. The van der Waals surface area contributed by atoms with E-state index in [0.717, 1.165) is 38.4 Å². The number of nitrogens with zero attached hydrogens (tertiary/aromatic N) is 2. The van der Waals surface area contributed by atoms with Gasteiger partial charge in [0.15, 0.2) is 6.35 Å². The molecular weight excluding hydrogens is 288 g/mol. The Kier molecular flexibility index (Phi) is 5.49. The van der Waals surface area contributed by atoms with Gasteiger partial charge in [-0.05, 0) is 36.5 Å². The van der Waals surface area contributed by atoms with Gasteiger partial charge in [-0.3, -0.25) is 9.80 Å². The summed E-state index contributed by atoms with van der Waals surface area (Å²) in [5.74, 6) is 0.928. The van der Waals surface area contributed by atoms with Gasteiger partial charge in [0.2, 0.25) is 0 Å². The average molecular weight is 314 g/mol. The van der Waals surface area contributed by atoms with E-state index in [1.165, 1.54) is 10.8 Å². The minimum Gasteiger partial charge on any atom is -0.493 e. The molecule has 1 fully saturated rings. The van der Waals surface area contributed by atoms with E-state index in [1.807, 2.05) is 6.07 Å². The Morgan fingerprint density at radius 3 is 2.70 bits per heavy atom. The minimum absolute atomic E-state index is 0.126. The van der Waals surface area contributed by atoms with Crippen molar-refractivity contribution in [3.63, 3.8) is 0 Å². The summed E-state index contributed by atoms with van der Waals surface area (Å²) in [5, 5.41) is 2.46. The molecule has 1 unspecified atom stereocenters. The van der Waals surface area contributed by atoms with Gasteiger partial charge in [-0.15, -0.1) is 0 Å². The van der Waals surface area contributed by atoms with Crippen molar-refractivity contribution < 1.29 is 9.47 Å². The molecule has 0 saturated carbocycles. The molecule has 1 atom stereocenters. The summed E-state index contributed by atoms with van der Waals surface area (Å²) < 4.78 is 11.9. The van der Waals surface area contributed by atoms with Crippen LogP contribution in [0.3, 0.4) is 0 Å². The monoisotopic (exact) mass is 314 g/mol. The number of hydrogen-bond acceptors (Lipinski definition) is 4. The van der Waals surface area contributed by atoms with Crippen molar-refractivity contribution in [3.8, 4) is 5.75 Å². The molecule has 0 aromatic heterocycles. The van der Waals surface area contributed by atoms with Crippen LogP contribution in [0.1, 0.15) is 13.3 Å². The second kappa shape index (κ2) is 7.77. The second-order valence-corrected chi connectivity index (χ2v) is 6.02. The van der Waals surface area contributed by atoms with Crippen LogP contribution in [0.4, 0.5) is 0 Å². The maximum Gasteiger partial charge on any atom is 0.168 e. The lowest BCUT2D eigenvalue weighted by Crippen LogP contribution is -2.39. The van der Waals surface area contributed by atoms with Gasteiger partial charge in [0, 0.05) is 19.5 Å². The third kappa shape index (κ3) is 4.02. The summed E-state index contributed by atoms with van der Waals surface area (Å²) >= 11 is 0. The number of hydrogen-bond donors (Lipinski definition) is 0. The van der Waals surface area contributed by atoms with Gasteiger partial charge < -0.3 is 9.47 Å². The first kappa shape index (κ1) is 16.2. The van der Waals surface area contributed by atoms with Crippen LogP contribution in [0.15, 0.2) is 42.5 Å². The zero-order valence-corrected chi connectivity index (χ0v) is 14.1. The molecule has 0 N–H and O–H groups in total. The zero-order valence-electron chi connectivity index (χ0n) is 14.1. The summed E-state index contributed by atoms with van der Waals surface area (Å²) in [4.78, 5) is 4.61. The van der Waals surface area contributed by atoms with Crippen molar-refractivity contribution >= 4 is 10.8 Å². The molecule has 0 radical (unpaired) electrons. The highest BCUT2D eigenvalue weighted by Gasteiger charge is 2.28. The lowest BCUT2D eigenvalue weighted by atomic mass is 10.1. The van der Waals surface area contributed by atoms with E-state index in [1.54, 1.807) is 0 Å². The maximum atomic E-state index is 6.00. The Morgan fingerprint density at radius 2 is 1.87 bits per heavy atom. The highest BCUT2D eigenvalue weighted by atomic mass is 16.5. The van der Waals surface area contributed by atoms with Crippen LogP contribution < -0.4 is 4.74 Å². The number of rotatable bonds is 7. The highest BCUT2D eigenvalue weighted by Crippen LogP contribution is 2.20. The van der Waals surface area contributed by atoms with E-state index >= 15 is 0 Å². The number of ether oxygens (including phenoxy) is 2. The standard InChI is InChI=1S/C19H26N2O2/c1-3-21-12-11-20(2)19(21)23-14-6-13-22-18-10-9-16-7-4-5-8-17(16)15-18/h4-5,7-10,15,19H,3,6,11-14H2,1-2H3. The fourth-order valence-electron chi connectivity index (χ4n) is 3.03. The molecule has 2 aromatic carbocycles. The van der Waals surface area contributed by atoms with Crippen molar-refractivity contribution in [1.29, 1.82) is 0 Å². The molecular formula is C19H26N2O2. The van der Waals surface area contributed by atoms with Gasteiger partial charge >= 0.3 is 0 Å². The van der Waals surface area contributed by atoms with E-state index in [2.05, 4.69) is 60.2 Å². The SMILES string of the molecule is CCN1CCN(C)C1OCCCOc1ccc2ccccc2c1. The predicted octanol–water partition coefficient (Wildman–Crippen LogP) is 3.18. The lowest BCUT2D eigenvalue weighted by molar-refractivity contribution is -0.103. The van der Waals surface area contributed by atoms with Crippen LogP contribution in [0.5, 0.6) is 5.75 Å². The quantitative estimate of drug-likeness (QED) is 0.733. The lowest BCUT2D eigenvalue weighted by Gasteiger charge is -2.26. The number of fused-ring (bicyclic) bond motifs is 1. The average Bonchev–Trinajstić information content (AvgIpc) is 2.94. The Hall–Kier alpha value is -1.62. The van der Waals surface area contributed by atoms with Crippen LogP contribution in [-0.2, 0) is 4.74 Å². The largest absolute Gasteiger partial charge is 0.493 e. The van der Waals surface area contributed by atoms with E-state index in [9.17, 15) is 0 Å². The first-order chi connectivity index (χ1) is 11.3. The highest BCUT2D eigenvalue weighted by molar-refractivity contribution is 5.83. The molecule has 1 aliphatic rings. The summed E-state index contributed by atoms with van der Waals surface area (Å²) in [6.45, 7) is 6.78. The molecule has 124 valence electrons. The van der Waals surface area contributed by atoms with E-state index in [0.29, 0.717) is 6.61 Å². The summed E-state index contributed by atoms with van der Waals surface area (Å²) in [5.41, 5.74) is 0. The first-order valence-electron chi connectivity index (χ1n) is 8.45. The zero-order chi connectivity index (χ0) is 16.1. The molecule has 1 heterocycles. The van der Waals surface area contributed by atoms with Crippen LogP contribution in [-0.4, -0.2) is 56.0 Å². The van der Waals surface area contributed by atoms with Crippen molar-refractivity contribution in [2.45, 2.75) is 19.7 Å². The molecule has 1 saturated heterocycles. The van der Waals surface area contributed by atoms with Gasteiger partial charge in [-0.2, -0.15) is 0 Å². The fraction of sp³-hybridized carbons (Fsp3) is 0.474. The maximum absolute atomic E-state index is 6.00. The molecule has 0 spiro atoms. The molecule has 2 aromatic rings. The van der Waals surface area contributed by atoms with Crippen LogP contribution in [0.2, 0.25) is 0 Å². The fourth-order valence-corrected chi connectivity index (χ4v) is 3.03. The van der Waals surface area contributed by atoms with Gasteiger partial charge in [-0.25, -0.2) is 0 Å². The third-order valence-corrected chi connectivity index (χ3v) is 4.38. The first-order valence-corrected chi connectivity index (χ1v) is 8.45. The summed E-state index contributed by atoms with van der Waals surface area (Å²) in [7, 11) is 2.12. The Morgan fingerprint density at radius 1 is 1.04 bits per heavy atom. The molecule has 0 amide bonds. The molecule has 3 rings (SSSR count).